The molecule has 36 heavy (non-hydrogen) atoms. The third-order valence-corrected chi connectivity index (χ3v) is 4.61. The Morgan fingerprint density at radius 3 is 1.89 bits per heavy atom. The van der Waals surface area contributed by atoms with E-state index < -0.39 is 48.9 Å². The average Bonchev–Trinajstić information content (AvgIpc) is 2.85. The van der Waals surface area contributed by atoms with E-state index in [1.54, 1.807) is 69.3 Å². The standard InChI is InChI=1S/C26H32N2O8/c1-26(2,3)36-25(32)28(16-22(29)34-17-19-11-7-5-8-12-19)15-21(23(30)33-4)27-24(31)35-18-20-13-9-6-10-14-20/h5-14,21H,15-18H2,1-4H3,(H,27,31)/t21-/m0/s1. The van der Waals surface area contributed by atoms with Crippen LogP contribution in [0.3, 0.4) is 0 Å². The van der Waals surface area contributed by atoms with Gasteiger partial charge in [-0.05, 0) is 31.9 Å². The van der Waals surface area contributed by atoms with Crippen molar-refractivity contribution in [3.05, 3.63) is 71.8 Å². The molecule has 0 aliphatic carbocycles. The molecule has 194 valence electrons. The Labute approximate surface area is 210 Å². The van der Waals surface area contributed by atoms with Gasteiger partial charge in [0.05, 0.1) is 13.7 Å². The molecule has 0 saturated carbocycles. The van der Waals surface area contributed by atoms with Gasteiger partial charge in [-0.3, -0.25) is 9.69 Å². The Balaban J connectivity index is 2.07. The average molecular weight is 501 g/mol. The summed E-state index contributed by atoms with van der Waals surface area (Å²) < 4.78 is 20.6. The summed E-state index contributed by atoms with van der Waals surface area (Å²) in [6, 6.07) is 16.7. The summed E-state index contributed by atoms with van der Waals surface area (Å²) in [4.78, 5) is 51.0. The molecule has 10 heteroatoms. The van der Waals surface area contributed by atoms with Crippen molar-refractivity contribution in [3.8, 4) is 0 Å². The molecule has 2 rings (SSSR count). The number of ether oxygens (including phenoxy) is 4. The molecule has 0 unspecified atom stereocenters. The number of hydrogen-bond donors (Lipinski definition) is 1. The molecule has 0 bridgehead atoms. The Morgan fingerprint density at radius 1 is 0.861 bits per heavy atom. The Hall–Kier alpha value is -4.08. The van der Waals surface area contributed by atoms with Crippen molar-refractivity contribution < 1.29 is 38.1 Å². The van der Waals surface area contributed by atoms with Crippen LogP contribution in [0.2, 0.25) is 0 Å². The third kappa shape index (κ3) is 10.5. The number of nitrogens with zero attached hydrogens (tertiary/aromatic N) is 1. The summed E-state index contributed by atoms with van der Waals surface area (Å²) in [5.41, 5.74) is 0.648. The normalized spacial score (nSPS) is 11.6. The molecule has 2 aromatic carbocycles. The molecule has 0 fully saturated rings. The predicted octanol–water partition coefficient (Wildman–Crippen LogP) is 3.43. The van der Waals surface area contributed by atoms with Gasteiger partial charge in [-0.25, -0.2) is 14.4 Å². The van der Waals surface area contributed by atoms with Crippen molar-refractivity contribution >= 4 is 24.1 Å². The van der Waals surface area contributed by atoms with Crippen LogP contribution in [0, 0.1) is 0 Å². The van der Waals surface area contributed by atoms with Gasteiger partial charge >= 0.3 is 24.1 Å². The van der Waals surface area contributed by atoms with E-state index in [0.717, 1.165) is 23.1 Å². The SMILES string of the molecule is COC(=O)[C@H](CN(CC(=O)OCc1ccccc1)C(=O)OC(C)(C)C)NC(=O)OCc1ccccc1. The van der Waals surface area contributed by atoms with E-state index in [1.807, 2.05) is 12.1 Å². The smallest absolute Gasteiger partial charge is 0.410 e. The van der Waals surface area contributed by atoms with Gasteiger partial charge in [0.25, 0.3) is 0 Å². The fraction of sp³-hybridized carbons (Fsp3) is 0.385. The van der Waals surface area contributed by atoms with E-state index in [2.05, 4.69) is 5.32 Å². The molecular formula is C26H32N2O8. The van der Waals surface area contributed by atoms with Crippen molar-refractivity contribution in [1.29, 1.82) is 0 Å². The molecule has 0 spiro atoms. The first kappa shape index (κ1) is 28.2. The van der Waals surface area contributed by atoms with E-state index in [4.69, 9.17) is 18.9 Å². The Morgan fingerprint density at radius 2 is 1.39 bits per heavy atom. The zero-order valence-corrected chi connectivity index (χ0v) is 20.9. The lowest BCUT2D eigenvalue weighted by Gasteiger charge is -2.29. The van der Waals surface area contributed by atoms with Crippen LogP contribution in [0.4, 0.5) is 9.59 Å². The van der Waals surface area contributed by atoms with E-state index in [0.29, 0.717) is 0 Å². The van der Waals surface area contributed by atoms with Crippen molar-refractivity contribution in [2.24, 2.45) is 0 Å². The van der Waals surface area contributed by atoms with Crippen LogP contribution in [-0.2, 0) is 41.8 Å². The number of rotatable bonds is 10. The topological polar surface area (TPSA) is 120 Å². The zero-order valence-electron chi connectivity index (χ0n) is 20.9. The number of alkyl carbamates (subject to hydrolysis) is 1. The summed E-state index contributed by atoms with van der Waals surface area (Å²) in [6.07, 6.45) is -1.77. The number of methoxy groups -OCH3 is 1. The van der Waals surface area contributed by atoms with Gasteiger partial charge in [0, 0.05) is 0 Å². The van der Waals surface area contributed by atoms with Crippen LogP contribution in [0.1, 0.15) is 31.9 Å². The number of hydrogen-bond acceptors (Lipinski definition) is 8. The van der Waals surface area contributed by atoms with Gasteiger partial charge < -0.3 is 24.3 Å². The third-order valence-electron chi connectivity index (χ3n) is 4.61. The molecule has 10 nitrogen and oxygen atoms in total. The molecule has 2 aromatic rings. The lowest BCUT2D eigenvalue weighted by molar-refractivity contribution is -0.148. The lowest BCUT2D eigenvalue weighted by Crippen LogP contribution is -2.52. The monoisotopic (exact) mass is 500 g/mol. The van der Waals surface area contributed by atoms with Crippen LogP contribution < -0.4 is 5.32 Å². The van der Waals surface area contributed by atoms with Gasteiger partial charge in [-0.2, -0.15) is 0 Å². The largest absolute Gasteiger partial charge is 0.467 e. The van der Waals surface area contributed by atoms with Crippen LogP contribution >= 0.6 is 0 Å². The lowest BCUT2D eigenvalue weighted by atomic mass is 10.2. The van der Waals surface area contributed by atoms with Gasteiger partial charge in [-0.1, -0.05) is 60.7 Å². The van der Waals surface area contributed by atoms with Crippen molar-refractivity contribution in [3.63, 3.8) is 0 Å². The van der Waals surface area contributed by atoms with E-state index >= 15 is 0 Å². The molecule has 2 amide bonds. The van der Waals surface area contributed by atoms with E-state index in [-0.39, 0.29) is 13.2 Å². The summed E-state index contributed by atoms with van der Waals surface area (Å²) in [6.45, 7) is 4.03. The fourth-order valence-electron chi connectivity index (χ4n) is 2.92. The summed E-state index contributed by atoms with van der Waals surface area (Å²) in [5, 5.41) is 2.38. The molecule has 0 saturated heterocycles. The molecule has 1 N–H and O–H groups in total. The first-order valence-electron chi connectivity index (χ1n) is 11.3. The second kappa shape index (κ2) is 13.7. The van der Waals surface area contributed by atoms with Crippen molar-refractivity contribution in [2.75, 3.05) is 20.2 Å². The second-order valence-corrected chi connectivity index (χ2v) is 8.79. The first-order valence-corrected chi connectivity index (χ1v) is 11.3. The van der Waals surface area contributed by atoms with Crippen LogP contribution in [-0.4, -0.2) is 60.9 Å². The zero-order chi connectivity index (χ0) is 26.6. The Kier molecular flexibility index (Phi) is 10.7. The molecule has 0 aliphatic heterocycles. The minimum Gasteiger partial charge on any atom is -0.467 e. The molecule has 0 heterocycles. The predicted molar refractivity (Wildman–Crippen MR) is 130 cm³/mol. The van der Waals surface area contributed by atoms with Gasteiger partial charge in [0.15, 0.2) is 0 Å². The van der Waals surface area contributed by atoms with Gasteiger partial charge in [-0.15, -0.1) is 0 Å². The molecule has 0 aliphatic rings. The highest BCUT2D eigenvalue weighted by molar-refractivity contribution is 5.83. The summed E-state index contributed by atoms with van der Waals surface area (Å²) >= 11 is 0. The highest BCUT2D eigenvalue weighted by atomic mass is 16.6. The molecule has 1 atom stereocenters. The van der Waals surface area contributed by atoms with E-state index in [1.165, 1.54) is 0 Å². The number of benzene rings is 2. The van der Waals surface area contributed by atoms with E-state index in [9.17, 15) is 19.2 Å². The van der Waals surface area contributed by atoms with Gasteiger partial charge in [0.1, 0.15) is 31.4 Å². The summed E-state index contributed by atoms with van der Waals surface area (Å²) in [5.74, 6) is -1.56. The van der Waals surface area contributed by atoms with Crippen LogP contribution in [0.15, 0.2) is 60.7 Å². The highest BCUT2D eigenvalue weighted by Gasteiger charge is 2.31. The quantitative estimate of drug-likeness (QED) is 0.389. The van der Waals surface area contributed by atoms with Gasteiger partial charge in [0.2, 0.25) is 0 Å². The maximum atomic E-state index is 12.8. The number of nitrogens with one attached hydrogen (secondary N) is 1. The fourth-order valence-corrected chi connectivity index (χ4v) is 2.92. The maximum Gasteiger partial charge on any atom is 0.410 e. The number of esters is 2. The highest BCUT2D eigenvalue weighted by Crippen LogP contribution is 2.12. The molecular weight excluding hydrogens is 468 g/mol. The summed E-state index contributed by atoms with van der Waals surface area (Å²) in [7, 11) is 1.14. The van der Waals surface area contributed by atoms with Crippen molar-refractivity contribution in [2.45, 2.75) is 45.6 Å². The molecule has 0 radical (unpaired) electrons. The number of carbonyl (C=O) groups excluding carboxylic acids is 4. The Bertz CT molecular complexity index is 1010. The maximum absolute atomic E-state index is 12.8. The number of amides is 2. The number of carbonyl (C=O) groups is 4. The molecule has 0 aromatic heterocycles. The van der Waals surface area contributed by atoms with Crippen LogP contribution in [0.5, 0.6) is 0 Å². The second-order valence-electron chi connectivity index (χ2n) is 8.79. The van der Waals surface area contributed by atoms with Crippen molar-refractivity contribution in [1.82, 2.24) is 10.2 Å². The van der Waals surface area contributed by atoms with Crippen LogP contribution in [0.25, 0.3) is 0 Å². The minimum atomic E-state index is -1.33. The minimum absolute atomic E-state index is 0.00627. The first-order chi connectivity index (χ1) is 17.1.